The van der Waals surface area contributed by atoms with Gasteiger partial charge in [0, 0.05) is 19.6 Å². The van der Waals surface area contributed by atoms with Crippen LogP contribution in [0.4, 0.5) is 5.82 Å². The van der Waals surface area contributed by atoms with Crippen molar-refractivity contribution in [2.45, 2.75) is 6.10 Å². The molecule has 1 aromatic rings. The van der Waals surface area contributed by atoms with Gasteiger partial charge in [-0.15, -0.1) is 0 Å². The summed E-state index contributed by atoms with van der Waals surface area (Å²) in [6, 6.07) is 0. The van der Waals surface area contributed by atoms with Gasteiger partial charge in [-0.3, -0.25) is 4.98 Å². The van der Waals surface area contributed by atoms with Gasteiger partial charge in [0.15, 0.2) is 5.69 Å². The van der Waals surface area contributed by atoms with E-state index in [-0.39, 0.29) is 11.8 Å². The molecule has 2 heterocycles. The summed E-state index contributed by atoms with van der Waals surface area (Å²) in [5, 5.41) is 0. The fourth-order valence-electron chi connectivity index (χ4n) is 1.78. The van der Waals surface area contributed by atoms with E-state index in [2.05, 4.69) is 14.7 Å². The molecule has 1 fully saturated rings. The van der Waals surface area contributed by atoms with Crippen LogP contribution in [-0.4, -0.2) is 55.4 Å². The molecule has 1 saturated heterocycles. The average Bonchev–Trinajstić information content (AvgIpc) is 2.46. The first kappa shape index (κ1) is 12.7. The third-order valence-corrected chi connectivity index (χ3v) is 2.74. The second-order valence-electron chi connectivity index (χ2n) is 3.93. The normalized spacial score (nSPS) is 19.7. The molecular formula is C11H16N4O3. The Morgan fingerprint density at radius 2 is 2.50 bits per heavy atom. The smallest absolute Gasteiger partial charge is 0.358 e. The number of hydrogen-bond donors (Lipinski definition) is 1. The Kier molecular flexibility index (Phi) is 4.06. The number of rotatable bonds is 3. The van der Waals surface area contributed by atoms with Crippen LogP contribution in [0.5, 0.6) is 0 Å². The maximum absolute atomic E-state index is 11.4. The highest BCUT2D eigenvalue weighted by Crippen LogP contribution is 2.14. The van der Waals surface area contributed by atoms with Gasteiger partial charge in [-0.25, -0.2) is 9.78 Å². The number of carbonyl (C=O) groups excluding carboxylic acids is 1. The standard InChI is InChI=1S/C11H16N4O3/c1-17-11(16)9-5-13-6-10(14-9)15-2-3-18-8(4-12)7-15/h5-6,8H,2-4,7,12H2,1H3. The van der Waals surface area contributed by atoms with E-state index >= 15 is 0 Å². The van der Waals surface area contributed by atoms with E-state index in [1.165, 1.54) is 13.3 Å². The topological polar surface area (TPSA) is 90.6 Å². The lowest BCUT2D eigenvalue weighted by Gasteiger charge is -2.32. The van der Waals surface area contributed by atoms with Crippen molar-refractivity contribution in [3.05, 3.63) is 18.1 Å². The molecule has 18 heavy (non-hydrogen) atoms. The molecule has 1 aliphatic heterocycles. The van der Waals surface area contributed by atoms with Crippen molar-refractivity contribution in [2.24, 2.45) is 5.73 Å². The van der Waals surface area contributed by atoms with Gasteiger partial charge in [0.1, 0.15) is 5.82 Å². The second-order valence-corrected chi connectivity index (χ2v) is 3.93. The molecule has 98 valence electrons. The van der Waals surface area contributed by atoms with Gasteiger partial charge >= 0.3 is 5.97 Å². The molecule has 1 aliphatic rings. The summed E-state index contributed by atoms with van der Waals surface area (Å²) < 4.78 is 10.1. The summed E-state index contributed by atoms with van der Waals surface area (Å²) in [5.41, 5.74) is 5.78. The number of nitrogens with zero attached hydrogens (tertiary/aromatic N) is 3. The summed E-state index contributed by atoms with van der Waals surface area (Å²) in [6.07, 6.45) is 2.99. The van der Waals surface area contributed by atoms with Gasteiger partial charge in [-0.1, -0.05) is 0 Å². The van der Waals surface area contributed by atoms with E-state index in [0.717, 1.165) is 0 Å². The second kappa shape index (κ2) is 5.74. The van der Waals surface area contributed by atoms with Crippen LogP contribution < -0.4 is 10.6 Å². The molecule has 2 rings (SSSR count). The number of ether oxygens (including phenoxy) is 2. The van der Waals surface area contributed by atoms with E-state index in [1.807, 2.05) is 4.90 Å². The number of methoxy groups -OCH3 is 1. The zero-order valence-corrected chi connectivity index (χ0v) is 10.2. The SMILES string of the molecule is COC(=O)c1cncc(N2CCOC(CN)C2)n1. The zero-order valence-electron chi connectivity index (χ0n) is 10.2. The minimum absolute atomic E-state index is 0.0117. The molecule has 0 radical (unpaired) electrons. The molecule has 1 aromatic heterocycles. The van der Waals surface area contributed by atoms with Gasteiger partial charge in [-0.05, 0) is 0 Å². The zero-order chi connectivity index (χ0) is 13.0. The number of carbonyl (C=O) groups is 1. The first-order valence-electron chi connectivity index (χ1n) is 5.71. The van der Waals surface area contributed by atoms with Crippen LogP contribution in [0.25, 0.3) is 0 Å². The quantitative estimate of drug-likeness (QED) is 0.720. The van der Waals surface area contributed by atoms with E-state index in [0.29, 0.717) is 32.1 Å². The van der Waals surface area contributed by atoms with Crippen LogP contribution >= 0.6 is 0 Å². The van der Waals surface area contributed by atoms with Crippen LogP contribution in [0.15, 0.2) is 12.4 Å². The first-order valence-corrected chi connectivity index (χ1v) is 5.71. The number of esters is 1. The Balaban J connectivity index is 2.15. The maximum atomic E-state index is 11.4. The van der Waals surface area contributed by atoms with Gasteiger partial charge in [0.25, 0.3) is 0 Å². The van der Waals surface area contributed by atoms with Gasteiger partial charge < -0.3 is 20.1 Å². The van der Waals surface area contributed by atoms with E-state index < -0.39 is 5.97 Å². The summed E-state index contributed by atoms with van der Waals surface area (Å²) >= 11 is 0. The van der Waals surface area contributed by atoms with E-state index in [1.54, 1.807) is 6.20 Å². The lowest BCUT2D eigenvalue weighted by atomic mass is 10.2. The van der Waals surface area contributed by atoms with Gasteiger partial charge in [0.2, 0.25) is 0 Å². The Bertz CT molecular complexity index is 427. The first-order chi connectivity index (χ1) is 8.74. The summed E-state index contributed by atoms with van der Waals surface area (Å²) in [5.74, 6) is 0.146. The Hall–Kier alpha value is -1.73. The van der Waals surface area contributed by atoms with Crippen LogP contribution in [-0.2, 0) is 9.47 Å². The Morgan fingerprint density at radius 3 is 3.22 bits per heavy atom. The molecule has 7 heteroatoms. The predicted molar refractivity (Wildman–Crippen MR) is 64.4 cm³/mol. The lowest BCUT2D eigenvalue weighted by molar-refractivity contribution is 0.0462. The van der Waals surface area contributed by atoms with Crippen molar-refractivity contribution in [1.29, 1.82) is 0 Å². The summed E-state index contributed by atoms with van der Waals surface area (Å²) in [4.78, 5) is 21.6. The van der Waals surface area contributed by atoms with Gasteiger partial charge in [-0.2, -0.15) is 0 Å². The van der Waals surface area contributed by atoms with Crippen molar-refractivity contribution in [3.63, 3.8) is 0 Å². The fraction of sp³-hybridized carbons (Fsp3) is 0.545. The largest absolute Gasteiger partial charge is 0.464 e. The van der Waals surface area contributed by atoms with E-state index in [4.69, 9.17) is 10.5 Å². The summed E-state index contributed by atoms with van der Waals surface area (Å²) in [6.45, 7) is 2.40. The molecule has 0 saturated carbocycles. The number of nitrogens with two attached hydrogens (primary N) is 1. The highest BCUT2D eigenvalue weighted by atomic mass is 16.5. The molecule has 0 spiro atoms. The molecule has 2 N–H and O–H groups in total. The Morgan fingerprint density at radius 1 is 1.67 bits per heavy atom. The fourth-order valence-corrected chi connectivity index (χ4v) is 1.78. The van der Waals surface area contributed by atoms with Gasteiger partial charge in [0.05, 0.1) is 32.2 Å². The molecule has 0 aliphatic carbocycles. The third-order valence-electron chi connectivity index (χ3n) is 2.74. The summed E-state index contributed by atoms with van der Waals surface area (Å²) in [7, 11) is 1.32. The monoisotopic (exact) mass is 252 g/mol. The molecule has 1 unspecified atom stereocenters. The molecule has 0 amide bonds. The van der Waals surface area contributed by atoms with Crippen LogP contribution in [0.2, 0.25) is 0 Å². The van der Waals surface area contributed by atoms with Crippen molar-refractivity contribution < 1.29 is 14.3 Å². The minimum atomic E-state index is -0.493. The van der Waals surface area contributed by atoms with Crippen LogP contribution in [0.1, 0.15) is 10.5 Å². The van der Waals surface area contributed by atoms with E-state index in [9.17, 15) is 4.79 Å². The van der Waals surface area contributed by atoms with Crippen molar-refractivity contribution >= 4 is 11.8 Å². The number of anilines is 1. The molecule has 0 bridgehead atoms. The van der Waals surface area contributed by atoms with Crippen molar-refractivity contribution in [3.8, 4) is 0 Å². The predicted octanol–water partition coefficient (Wildman–Crippen LogP) is -0.573. The van der Waals surface area contributed by atoms with Crippen molar-refractivity contribution in [1.82, 2.24) is 9.97 Å². The van der Waals surface area contributed by atoms with Crippen LogP contribution in [0.3, 0.4) is 0 Å². The van der Waals surface area contributed by atoms with Crippen molar-refractivity contribution in [2.75, 3.05) is 38.3 Å². The number of morpholine rings is 1. The highest BCUT2D eigenvalue weighted by molar-refractivity contribution is 5.87. The number of hydrogen-bond acceptors (Lipinski definition) is 7. The molecule has 0 aromatic carbocycles. The number of aromatic nitrogens is 2. The maximum Gasteiger partial charge on any atom is 0.358 e. The highest BCUT2D eigenvalue weighted by Gasteiger charge is 2.21. The third kappa shape index (κ3) is 2.74. The minimum Gasteiger partial charge on any atom is -0.464 e. The molecule has 7 nitrogen and oxygen atoms in total. The average molecular weight is 252 g/mol. The van der Waals surface area contributed by atoms with Crippen LogP contribution in [0, 0.1) is 0 Å². The molecule has 1 atom stereocenters. The molecular weight excluding hydrogens is 236 g/mol. The lowest BCUT2D eigenvalue weighted by Crippen LogP contribution is -2.46. The Labute approximate surface area is 105 Å².